The van der Waals surface area contributed by atoms with E-state index in [-0.39, 0.29) is 18.6 Å². The lowest BCUT2D eigenvalue weighted by Crippen LogP contribution is -2.33. The Morgan fingerprint density at radius 3 is 2.46 bits per heavy atom. The number of nitrogens with one attached hydrogen (secondary N) is 1. The van der Waals surface area contributed by atoms with Crippen LogP contribution >= 0.6 is 0 Å². The molecule has 138 valence electrons. The Balaban J connectivity index is 1.55. The lowest BCUT2D eigenvalue weighted by Gasteiger charge is -2.17. The number of aryl methyl sites for hydroxylation is 1. The van der Waals surface area contributed by atoms with E-state index in [4.69, 9.17) is 4.74 Å². The zero-order chi connectivity index (χ0) is 18.4. The van der Waals surface area contributed by atoms with E-state index in [1.54, 1.807) is 12.0 Å². The summed E-state index contributed by atoms with van der Waals surface area (Å²) in [6.45, 7) is 1.39. The third kappa shape index (κ3) is 4.55. The minimum Gasteiger partial charge on any atom is -0.497 e. The van der Waals surface area contributed by atoms with E-state index in [1.165, 1.54) is 5.56 Å². The minimum atomic E-state index is -0.115. The van der Waals surface area contributed by atoms with Gasteiger partial charge in [0.2, 0.25) is 0 Å². The number of ether oxygens (including phenoxy) is 1. The number of aliphatic hydroxyl groups is 1. The highest BCUT2D eigenvalue weighted by atomic mass is 16.5. The Morgan fingerprint density at radius 1 is 1.12 bits per heavy atom. The lowest BCUT2D eigenvalue weighted by molar-refractivity contribution is 0.196. The van der Waals surface area contributed by atoms with Gasteiger partial charge in [-0.25, -0.2) is 4.79 Å². The Morgan fingerprint density at radius 2 is 1.81 bits per heavy atom. The largest absolute Gasteiger partial charge is 0.497 e. The first-order valence-electron chi connectivity index (χ1n) is 9.04. The number of rotatable bonds is 6. The summed E-state index contributed by atoms with van der Waals surface area (Å²) in [5.41, 5.74) is 2.04. The van der Waals surface area contributed by atoms with Crippen LogP contribution in [0.3, 0.4) is 0 Å². The van der Waals surface area contributed by atoms with Gasteiger partial charge in [0.25, 0.3) is 0 Å². The fourth-order valence-electron chi connectivity index (χ4n) is 3.51. The number of urea groups is 1. The van der Waals surface area contributed by atoms with Crippen LogP contribution in [0.5, 0.6) is 5.75 Å². The highest BCUT2D eigenvalue weighted by Crippen LogP contribution is 2.28. The monoisotopic (exact) mass is 354 g/mol. The van der Waals surface area contributed by atoms with Crippen molar-refractivity contribution in [1.29, 1.82) is 0 Å². The number of likely N-dealkylation sites (tertiary alicyclic amines) is 1. The molecular formula is C21H26N2O3. The van der Waals surface area contributed by atoms with Gasteiger partial charge in [-0.1, -0.05) is 30.3 Å². The number of aliphatic hydroxyl groups excluding tert-OH is 1. The third-order valence-electron chi connectivity index (χ3n) is 5.09. The van der Waals surface area contributed by atoms with Gasteiger partial charge in [-0.2, -0.15) is 0 Å². The van der Waals surface area contributed by atoms with Crippen LogP contribution in [0, 0.1) is 11.8 Å². The summed E-state index contributed by atoms with van der Waals surface area (Å²) >= 11 is 0. The van der Waals surface area contributed by atoms with Gasteiger partial charge in [-0.05, 0) is 48.6 Å². The highest BCUT2D eigenvalue weighted by Gasteiger charge is 2.34. The Bertz CT molecular complexity index is 703. The SMILES string of the molecule is COc1ccc(NC(=O)N2C[C@@H](CCc3ccccc3)[C@@H](CO)C2)cc1. The molecule has 0 bridgehead atoms. The molecule has 1 fully saturated rings. The summed E-state index contributed by atoms with van der Waals surface area (Å²) in [7, 11) is 1.61. The van der Waals surface area contributed by atoms with Crippen molar-refractivity contribution in [2.75, 3.05) is 32.1 Å². The van der Waals surface area contributed by atoms with Crippen molar-refractivity contribution in [3.8, 4) is 5.75 Å². The van der Waals surface area contributed by atoms with Crippen LogP contribution in [0.2, 0.25) is 0 Å². The number of hydrogen-bond donors (Lipinski definition) is 2. The van der Waals surface area contributed by atoms with Crippen LogP contribution in [-0.4, -0.2) is 42.8 Å². The Labute approximate surface area is 154 Å². The topological polar surface area (TPSA) is 61.8 Å². The van der Waals surface area contributed by atoms with E-state index in [2.05, 4.69) is 17.4 Å². The Hall–Kier alpha value is -2.53. The van der Waals surface area contributed by atoms with Crippen LogP contribution in [0.25, 0.3) is 0 Å². The average Bonchev–Trinajstić information content (AvgIpc) is 3.11. The third-order valence-corrected chi connectivity index (χ3v) is 5.09. The molecule has 26 heavy (non-hydrogen) atoms. The van der Waals surface area contributed by atoms with Gasteiger partial charge in [0.1, 0.15) is 5.75 Å². The second-order valence-electron chi connectivity index (χ2n) is 6.79. The molecule has 1 aliphatic heterocycles. The van der Waals surface area contributed by atoms with Crippen molar-refractivity contribution in [3.63, 3.8) is 0 Å². The quantitative estimate of drug-likeness (QED) is 0.836. The summed E-state index contributed by atoms with van der Waals surface area (Å²) in [4.78, 5) is 14.4. The van der Waals surface area contributed by atoms with E-state index in [1.807, 2.05) is 42.5 Å². The second-order valence-corrected chi connectivity index (χ2v) is 6.79. The number of anilines is 1. The van der Waals surface area contributed by atoms with E-state index < -0.39 is 0 Å². The zero-order valence-electron chi connectivity index (χ0n) is 15.1. The van der Waals surface area contributed by atoms with Crippen LogP contribution in [-0.2, 0) is 6.42 Å². The maximum Gasteiger partial charge on any atom is 0.321 e. The molecule has 5 heteroatoms. The standard InChI is InChI=1S/C21H26N2O3/c1-26-20-11-9-19(10-12-20)22-21(25)23-13-17(18(14-23)15-24)8-7-16-5-3-2-4-6-16/h2-6,9-12,17-18,24H,7-8,13-15H2,1H3,(H,22,25)/t17-,18-/m1/s1. The number of amides is 2. The lowest BCUT2D eigenvalue weighted by atomic mass is 9.91. The number of carbonyl (C=O) groups excluding carboxylic acids is 1. The van der Waals surface area contributed by atoms with E-state index in [0.29, 0.717) is 19.0 Å². The van der Waals surface area contributed by atoms with E-state index in [0.717, 1.165) is 24.3 Å². The first kappa shape index (κ1) is 18.3. The summed E-state index contributed by atoms with van der Waals surface area (Å²) < 4.78 is 5.13. The maximum absolute atomic E-state index is 12.6. The molecule has 2 aromatic carbocycles. The van der Waals surface area contributed by atoms with Crippen LogP contribution in [0.1, 0.15) is 12.0 Å². The summed E-state index contributed by atoms with van der Waals surface area (Å²) in [5, 5.41) is 12.6. The van der Waals surface area contributed by atoms with Gasteiger partial charge in [0, 0.05) is 31.3 Å². The average molecular weight is 354 g/mol. The van der Waals surface area contributed by atoms with Gasteiger partial charge in [0.15, 0.2) is 0 Å². The predicted octanol–water partition coefficient (Wildman–Crippen LogP) is 3.40. The molecule has 0 spiro atoms. The van der Waals surface area contributed by atoms with Crippen molar-refractivity contribution in [2.24, 2.45) is 11.8 Å². The van der Waals surface area contributed by atoms with Crippen molar-refractivity contribution in [1.82, 2.24) is 4.90 Å². The van der Waals surface area contributed by atoms with Gasteiger partial charge in [-0.15, -0.1) is 0 Å². The molecule has 0 aliphatic carbocycles. The van der Waals surface area contributed by atoms with Crippen LogP contribution in [0.15, 0.2) is 54.6 Å². The molecular weight excluding hydrogens is 328 g/mol. The number of hydrogen-bond acceptors (Lipinski definition) is 3. The normalized spacial score (nSPS) is 19.4. The smallest absolute Gasteiger partial charge is 0.321 e. The molecule has 0 aromatic heterocycles. The summed E-state index contributed by atoms with van der Waals surface area (Å²) in [6, 6.07) is 17.5. The van der Waals surface area contributed by atoms with Gasteiger partial charge in [0.05, 0.1) is 7.11 Å². The molecule has 0 saturated carbocycles. The van der Waals surface area contributed by atoms with Gasteiger partial charge < -0.3 is 20.1 Å². The number of benzene rings is 2. The van der Waals surface area contributed by atoms with Crippen molar-refractivity contribution in [2.45, 2.75) is 12.8 Å². The van der Waals surface area contributed by atoms with Gasteiger partial charge >= 0.3 is 6.03 Å². The predicted molar refractivity (Wildman–Crippen MR) is 102 cm³/mol. The van der Waals surface area contributed by atoms with Crippen LogP contribution < -0.4 is 10.1 Å². The fourth-order valence-corrected chi connectivity index (χ4v) is 3.51. The van der Waals surface area contributed by atoms with Crippen molar-refractivity contribution in [3.05, 3.63) is 60.2 Å². The molecule has 1 aliphatic rings. The van der Waals surface area contributed by atoms with Crippen molar-refractivity contribution >= 4 is 11.7 Å². The molecule has 3 rings (SSSR count). The Kier molecular flexibility index (Phi) is 6.12. The van der Waals surface area contributed by atoms with E-state index in [9.17, 15) is 9.90 Å². The maximum atomic E-state index is 12.6. The first-order chi connectivity index (χ1) is 12.7. The van der Waals surface area contributed by atoms with Crippen LogP contribution in [0.4, 0.5) is 10.5 Å². The number of carbonyl (C=O) groups is 1. The van der Waals surface area contributed by atoms with Crippen molar-refractivity contribution < 1.29 is 14.6 Å². The molecule has 1 heterocycles. The summed E-state index contributed by atoms with van der Waals surface area (Å²) in [6.07, 6.45) is 1.94. The highest BCUT2D eigenvalue weighted by molar-refractivity contribution is 5.89. The molecule has 2 atom stereocenters. The molecule has 2 amide bonds. The molecule has 5 nitrogen and oxygen atoms in total. The molecule has 2 aromatic rings. The second kappa shape index (κ2) is 8.72. The molecule has 0 unspecified atom stereocenters. The molecule has 1 saturated heterocycles. The van der Waals surface area contributed by atoms with E-state index >= 15 is 0 Å². The minimum absolute atomic E-state index is 0.115. The zero-order valence-corrected chi connectivity index (χ0v) is 15.1. The number of nitrogens with zero attached hydrogens (tertiary/aromatic N) is 1. The fraction of sp³-hybridized carbons (Fsp3) is 0.381. The molecule has 0 radical (unpaired) electrons. The number of methoxy groups -OCH3 is 1. The van der Waals surface area contributed by atoms with Gasteiger partial charge in [-0.3, -0.25) is 0 Å². The first-order valence-corrected chi connectivity index (χ1v) is 9.04. The molecule has 2 N–H and O–H groups in total. The summed E-state index contributed by atoms with van der Waals surface area (Å²) in [5.74, 6) is 1.22.